The maximum Gasteiger partial charge on any atom is 0.310 e. The van der Waals surface area contributed by atoms with E-state index in [-0.39, 0.29) is 12.1 Å². The SMILES string of the molecule is COc1c(F)cc(NC(=O)CC2(C(=O)O)CCCCCC2)cc1F. The van der Waals surface area contributed by atoms with Crippen molar-refractivity contribution in [2.24, 2.45) is 5.41 Å². The van der Waals surface area contributed by atoms with Gasteiger partial charge in [0.15, 0.2) is 17.4 Å². The van der Waals surface area contributed by atoms with Gasteiger partial charge in [0.1, 0.15) is 0 Å². The number of carboxylic acid groups (broad SMARTS) is 1. The molecule has 2 rings (SSSR count). The second kappa shape index (κ2) is 7.59. The highest BCUT2D eigenvalue weighted by Crippen LogP contribution is 2.39. The molecule has 1 saturated carbocycles. The highest BCUT2D eigenvalue weighted by Gasteiger charge is 2.40. The summed E-state index contributed by atoms with van der Waals surface area (Å²) in [7, 11) is 1.14. The Hall–Kier alpha value is -2.18. The molecular weight excluding hydrogens is 320 g/mol. The molecule has 2 N–H and O–H groups in total. The van der Waals surface area contributed by atoms with Gasteiger partial charge in [-0.05, 0) is 12.8 Å². The zero-order chi connectivity index (χ0) is 17.7. The number of anilines is 1. The minimum Gasteiger partial charge on any atom is -0.491 e. The van der Waals surface area contributed by atoms with Crippen molar-refractivity contribution in [2.75, 3.05) is 12.4 Å². The van der Waals surface area contributed by atoms with Crippen LogP contribution >= 0.6 is 0 Å². The van der Waals surface area contributed by atoms with Crippen LogP contribution in [0.1, 0.15) is 44.9 Å². The molecule has 0 radical (unpaired) electrons. The molecule has 1 aromatic carbocycles. The first-order valence-corrected chi connectivity index (χ1v) is 7.94. The summed E-state index contributed by atoms with van der Waals surface area (Å²) in [5.41, 5.74) is -1.17. The van der Waals surface area contributed by atoms with Gasteiger partial charge in [-0.25, -0.2) is 8.78 Å². The minimum atomic E-state index is -1.11. The van der Waals surface area contributed by atoms with E-state index in [1.807, 2.05) is 0 Å². The van der Waals surface area contributed by atoms with Gasteiger partial charge in [-0.2, -0.15) is 0 Å². The van der Waals surface area contributed by atoms with Crippen LogP contribution < -0.4 is 10.1 Å². The van der Waals surface area contributed by atoms with Crippen molar-refractivity contribution in [3.63, 3.8) is 0 Å². The van der Waals surface area contributed by atoms with E-state index in [2.05, 4.69) is 10.1 Å². The lowest BCUT2D eigenvalue weighted by Crippen LogP contribution is -2.35. The van der Waals surface area contributed by atoms with Gasteiger partial charge in [-0.1, -0.05) is 25.7 Å². The number of hydrogen-bond donors (Lipinski definition) is 2. The Bertz CT molecular complexity index is 602. The molecule has 0 atom stereocenters. The van der Waals surface area contributed by atoms with Crippen molar-refractivity contribution in [3.05, 3.63) is 23.8 Å². The molecule has 24 heavy (non-hydrogen) atoms. The average Bonchev–Trinajstić information content (AvgIpc) is 2.73. The topological polar surface area (TPSA) is 75.6 Å². The summed E-state index contributed by atoms with van der Waals surface area (Å²) in [4.78, 5) is 23.9. The van der Waals surface area contributed by atoms with Crippen molar-refractivity contribution in [1.29, 1.82) is 0 Å². The van der Waals surface area contributed by atoms with Crippen LogP contribution in [0.5, 0.6) is 5.75 Å². The van der Waals surface area contributed by atoms with Crippen LogP contribution in [0.2, 0.25) is 0 Å². The monoisotopic (exact) mass is 341 g/mol. The van der Waals surface area contributed by atoms with Crippen LogP contribution in [0.3, 0.4) is 0 Å². The minimum absolute atomic E-state index is 0.0649. The number of carbonyl (C=O) groups excluding carboxylic acids is 1. The molecule has 7 heteroatoms. The largest absolute Gasteiger partial charge is 0.491 e. The second-order valence-electron chi connectivity index (χ2n) is 6.20. The number of amides is 1. The van der Waals surface area contributed by atoms with Crippen molar-refractivity contribution in [3.8, 4) is 5.75 Å². The number of ether oxygens (including phenoxy) is 1. The number of rotatable bonds is 5. The van der Waals surface area contributed by atoms with Crippen molar-refractivity contribution in [1.82, 2.24) is 0 Å². The summed E-state index contributed by atoms with van der Waals surface area (Å²) < 4.78 is 31.9. The molecule has 5 nitrogen and oxygen atoms in total. The molecule has 1 fully saturated rings. The first kappa shape index (κ1) is 18.2. The summed E-state index contributed by atoms with van der Waals surface area (Å²) in [5, 5.41) is 12.0. The summed E-state index contributed by atoms with van der Waals surface area (Å²) in [5.74, 6) is -3.96. The lowest BCUT2D eigenvalue weighted by atomic mass is 9.77. The number of hydrogen-bond acceptors (Lipinski definition) is 3. The van der Waals surface area contributed by atoms with Crippen molar-refractivity contribution < 1.29 is 28.2 Å². The van der Waals surface area contributed by atoms with Crippen LogP contribution in [0.25, 0.3) is 0 Å². The van der Waals surface area contributed by atoms with Crippen LogP contribution in [0.4, 0.5) is 14.5 Å². The number of halogens is 2. The van der Waals surface area contributed by atoms with Gasteiger partial charge >= 0.3 is 5.97 Å². The number of aliphatic carboxylic acids is 1. The average molecular weight is 341 g/mol. The van der Waals surface area contributed by atoms with Gasteiger partial charge in [0, 0.05) is 24.2 Å². The lowest BCUT2D eigenvalue weighted by Gasteiger charge is -2.27. The van der Waals surface area contributed by atoms with Gasteiger partial charge in [0.05, 0.1) is 12.5 Å². The molecule has 1 aliphatic rings. The molecule has 0 aromatic heterocycles. The first-order valence-electron chi connectivity index (χ1n) is 7.94. The fourth-order valence-electron chi connectivity index (χ4n) is 3.21. The molecule has 0 aliphatic heterocycles. The van der Waals surface area contributed by atoms with Crippen LogP contribution in [-0.4, -0.2) is 24.1 Å². The predicted molar refractivity (Wildman–Crippen MR) is 83.9 cm³/mol. The van der Waals surface area contributed by atoms with Gasteiger partial charge in [-0.3, -0.25) is 9.59 Å². The van der Waals surface area contributed by atoms with Crippen molar-refractivity contribution >= 4 is 17.6 Å². The van der Waals surface area contributed by atoms with E-state index in [1.165, 1.54) is 0 Å². The number of benzene rings is 1. The predicted octanol–water partition coefficient (Wildman–Crippen LogP) is 3.73. The van der Waals surface area contributed by atoms with E-state index in [1.54, 1.807) is 0 Å². The smallest absolute Gasteiger partial charge is 0.310 e. The summed E-state index contributed by atoms with van der Waals surface area (Å²) in [6.07, 6.45) is 4.06. The molecule has 0 bridgehead atoms. The van der Waals surface area contributed by atoms with E-state index >= 15 is 0 Å². The quantitative estimate of drug-likeness (QED) is 0.800. The summed E-state index contributed by atoms with van der Waals surface area (Å²) in [6.45, 7) is 0. The Morgan fingerprint density at radius 1 is 1.17 bits per heavy atom. The van der Waals surface area contributed by atoms with Crippen LogP contribution in [0.15, 0.2) is 12.1 Å². The first-order chi connectivity index (χ1) is 11.4. The van der Waals surface area contributed by atoms with E-state index in [9.17, 15) is 23.5 Å². The highest BCUT2D eigenvalue weighted by atomic mass is 19.1. The number of nitrogens with one attached hydrogen (secondary N) is 1. The molecule has 0 spiro atoms. The fourth-order valence-corrected chi connectivity index (χ4v) is 3.21. The molecule has 1 amide bonds. The maximum absolute atomic E-state index is 13.7. The molecule has 0 saturated heterocycles. The van der Waals surface area contributed by atoms with E-state index in [0.717, 1.165) is 44.9 Å². The third-order valence-electron chi connectivity index (χ3n) is 4.50. The lowest BCUT2D eigenvalue weighted by molar-refractivity contribution is -0.152. The number of carbonyl (C=O) groups is 2. The molecule has 1 aliphatic carbocycles. The van der Waals surface area contributed by atoms with Gasteiger partial charge < -0.3 is 15.2 Å². The van der Waals surface area contributed by atoms with Crippen molar-refractivity contribution in [2.45, 2.75) is 44.9 Å². The highest BCUT2D eigenvalue weighted by molar-refractivity contribution is 5.94. The van der Waals surface area contributed by atoms with Gasteiger partial charge in [0.2, 0.25) is 5.91 Å². The third-order valence-corrected chi connectivity index (χ3v) is 4.50. The van der Waals surface area contributed by atoms with E-state index in [0.29, 0.717) is 12.8 Å². The molecule has 0 unspecified atom stereocenters. The Labute approximate surface area is 139 Å². The zero-order valence-electron chi connectivity index (χ0n) is 13.5. The molecule has 0 heterocycles. The Kier molecular flexibility index (Phi) is 5.75. The van der Waals surface area contributed by atoms with E-state index in [4.69, 9.17) is 0 Å². The van der Waals surface area contributed by atoms with Crippen LogP contribution in [-0.2, 0) is 9.59 Å². The number of carboxylic acids is 1. The standard InChI is InChI=1S/C17H21F2NO4/c1-24-15-12(18)8-11(9-13(15)19)20-14(21)10-17(16(22)23)6-4-2-3-5-7-17/h8-9H,2-7,10H2,1H3,(H,20,21)(H,22,23). The third kappa shape index (κ3) is 4.01. The normalized spacial score (nSPS) is 17.0. The second-order valence-corrected chi connectivity index (χ2v) is 6.20. The number of methoxy groups -OCH3 is 1. The Morgan fingerprint density at radius 2 is 1.71 bits per heavy atom. The summed E-state index contributed by atoms with van der Waals surface area (Å²) >= 11 is 0. The van der Waals surface area contributed by atoms with E-state index < -0.39 is 34.7 Å². The van der Waals surface area contributed by atoms with Crippen LogP contribution in [0, 0.1) is 17.0 Å². The summed E-state index contributed by atoms with van der Waals surface area (Å²) in [6, 6.07) is 1.89. The Balaban J connectivity index is 2.12. The van der Waals surface area contributed by atoms with Gasteiger partial charge in [-0.15, -0.1) is 0 Å². The molecule has 1 aromatic rings. The molecule has 132 valence electrons. The Morgan fingerprint density at radius 3 is 2.17 bits per heavy atom. The van der Waals surface area contributed by atoms with Gasteiger partial charge in [0.25, 0.3) is 0 Å². The zero-order valence-corrected chi connectivity index (χ0v) is 13.5. The maximum atomic E-state index is 13.7. The molecular formula is C17H21F2NO4. The fraction of sp³-hybridized carbons (Fsp3) is 0.529.